The highest BCUT2D eigenvalue weighted by Crippen LogP contribution is 2.26. The number of aliphatic carboxylic acids is 1. The lowest BCUT2D eigenvalue weighted by Crippen LogP contribution is -2.55. The fourth-order valence-electron chi connectivity index (χ4n) is 3.88. The summed E-state index contributed by atoms with van der Waals surface area (Å²) in [7, 11) is 0. The molecule has 1 heterocycles. The Morgan fingerprint density at radius 2 is 1.64 bits per heavy atom. The van der Waals surface area contributed by atoms with E-state index in [9.17, 15) is 44.3 Å². The van der Waals surface area contributed by atoms with Crippen molar-refractivity contribution in [2.24, 2.45) is 11.7 Å². The largest absolute Gasteiger partial charge is 0.508 e. The number of carboxylic acid groups (broad SMARTS) is 1. The van der Waals surface area contributed by atoms with Gasteiger partial charge in [-0.25, -0.2) is 9.78 Å². The van der Waals surface area contributed by atoms with E-state index in [4.69, 9.17) is 5.73 Å². The molecule has 0 saturated carbocycles. The van der Waals surface area contributed by atoms with Crippen molar-refractivity contribution in [1.29, 1.82) is 0 Å². The summed E-state index contributed by atoms with van der Waals surface area (Å²) in [6.07, 6.45) is 1.62. The molecule has 0 spiro atoms. The Balaban J connectivity index is 1.91. The predicted octanol–water partition coefficient (Wildman–Crippen LogP) is 0.0787. The average molecular weight is 648 g/mol. The van der Waals surface area contributed by atoms with E-state index in [2.05, 4.69) is 26.3 Å². The Kier molecular flexibility index (Phi) is 14.2. The summed E-state index contributed by atoms with van der Waals surface area (Å²) >= 11 is 0.784. The van der Waals surface area contributed by atoms with E-state index in [1.807, 2.05) is 0 Å². The van der Waals surface area contributed by atoms with Crippen molar-refractivity contribution in [1.82, 2.24) is 26.3 Å². The van der Waals surface area contributed by atoms with E-state index in [1.54, 1.807) is 26.0 Å². The molecule has 8 N–H and O–H groups in total. The van der Waals surface area contributed by atoms with Gasteiger partial charge < -0.3 is 37.2 Å². The Bertz CT molecular complexity index is 1370. The number of nitro groups is 1. The van der Waals surface area contributed by atoms with E-state index in [1.165, 1.54) is 37.4 Å². The van der Waals surface area contributed by atoms with Crippen LogP contribution in [0.15, 0.2) is 47.6 Å². The van der Waals surface area contributed by atoms with E-state index in [0.717, 1.165) is 11.8 Å². The highest BCUT2D eigenvalue weighted by atomic mass is 32.2. The molecule has 17 heteroatoms. The summed E-state index contributed by atoms with van der Waals surface area (Å²) in [5.74, 6) is -4.52. The van der Waals surface area contributed by atoms with Crippen LogP contribution in [0.1, 0.15) is 32.8 Å². The third-order valence-electron chi connectivity index (χ3n) is 6.21. The number of nitrogens with zero attached hydrogens (tertiary/aromatic N) is 2. The summed E-state index contributed by atoms with van der Waals surface area (Å²) < 4.78 is 0. The van der Waals surface area contributed by atoms with Crippen LogP contribution in [0.4, 0.5) is 5.69 Å². The molecule has 1 aromatic carbocycles. The SMILES string of the molecule is CC(C)C[C@H](NC(=O)CNC(=O)[C@@H](C)NC(=O)[C@@H](N)Cc1ccc(O)cc1)C(=O)N[C@@H](CSc1ncccc1[N+](=O)[O-])C(=O)O. The number of carboxylic acids is 1. The fourth-order valence-corrected chi connectivity index (χ4v) is 4.85. The number of phenols is 1. The van der Waals surface area contributed by atoms with Gasteiger partial charge in [-0.3, -0.25) is 29.3 Å². The van der Waals surface area contributed by atoms with E-state index < -0.39 is 65.2 Å². The Morgan fingerprint density at radius 3 is 2.24 bits per heavy atom. The van der Waals surface area contributed by atoms with Crippen molar-refractivity contribution in [3.8, 4) is 5.75 Å². The van der Waals surface area contributed by atoms with E-state index >= 15 is 0 Å². The summed E-state index contributed by atoms with van der Waals surface area (Å²) in [6.45, 7) is 4.43. The number of thioether (sulfide) groups is 1. The van der Waals surface area contributed by atoms with Gasteiger partial charge in [0.1, 0.15) is 23.9 Å². The summed E-state index contributed by atoms with van der Waals surface area (Å²) in [6, 6.07) is 4.10. The quantitative estimate of drug-likeness (QED) is 0.0684. The maximum absolute atomic E-state index is 13.0. The molecule has 2 rings (SSSR count). The van der Waals surface area contributed by atoms with Crippen molar-refractivity contribution in [2.45, 2.75) is 62.8 Å². The third-order valence-corrected chi connectivity index (χ3v) is 7.30. The number of nitrogens with one attached hydrogen (secondary N) is 4. The number of benzene rings is 1. The molecular formula is C28H37N7O9S. The molecule has 0 aliphatic heterocycles. The monoisotopic (exact) mass is 647 g/mol. The number of hydrogen-bond donors (Lipinski definition) is 7. The van der Waals surface area contributed by atoms with Gasteiger partial charge in [-0.05, 0) is 49.4 Å². The molecule has 0 aliphatic carbocycles. The molecule has 1 aromatic heterocycles. The Hall–Kier alpha value is -4.77. The zero-order chi connectivity index (χ0) is 33.7. The molecular weight excluding hydrogens is 610 g/mol. The van der Waals surface area contributed by atoms with Crippen LogP contribution in [0.25, 0.3) is 0 Å². The van der Waals surface area contributed by atoms with Crippen molar-refractivity contribution in [3.05, 3.63) is 58.3 Å². The minimum Gasteiger partial charge on any atom is -0.508 e. The van der Waals surface area contributed by atoms with Crippen LogP contribution in [0.2, 0.25) is 0 Å². The first kappa shape index (κ1) is 36.4. The molecule has 0 unspecified atom stereocenters. The van der Waals surface area contributed by atoms with Gasteiger partial charge >= 0.3 is 11.7 Å². The molecule has 4 atom stereocenters. The van der Waals surface area contributed by atoms with Crippen LogP contribution in [0, 0.1) is 16.0 Å². The van der Waals surface area contributed by atoms with Gasteiger partial charge in [-0.15, -0.1) is 0 Å². The molecule has 0 saturated heterocycles. The first-order chi connectivity index (χ1) is 21.2. The minimum absolute atomic E-state index is 0.0180. The van der Waals surface area contributed by atoms with Gasteiger partial charge in [0.15, 0.2) is 5.03 Å². The number of amides is 4. The third kappa shape index (κ3) is 12.4. The van der Waals surface area contributed by atoms with Crippen molar-refractivity contribution < 1.29 is 39.1 Å². The number of aromatic nitrogens is 1. The average Bonchev–Trinajstić information content (AvgIpc) is 2.98. The molecule has 2 aromatic rings. The summed E-state index contributed by atoms with van der Waals surface area (Å²) in [4.78, 5) is 76.9. The molecule has 0 aliphatic rings. The van der Waals surface area contributed by atoms with Crippen LogP contribution in [0.3, 0.4) is 0 Å². The van der Waals surface area contributed by atoms with Crippen LogP contribution in [-0.4, -0.2) is 86.2 Å². The molecule has 0 fully saturated rings. The Morgan fingerprint density at radius 1 is 0.978 bits per heavy atom. The molecule has 244 valence electrons. The topological polar surface area (TPSA) is 256 Å². The van der Waals surface area contributed by atoms with Gasteiger partial charge in [0.05, 0.1) is 17.5 Å². The first-order valence-corrected chi connectivity index (χ1v) is 14.8. The van der Waals surface area contributed by atoms with Crippen molar-refractivity contribution in [2.75, 3.05) is 12.3 Å². The molecule has 0 radical (unpaired) electrons. The predicted molar refractivity (Wildman–Crippen MR) is 163 cm³/mol. The van der Waals surface area contributed by atoms with Crippen LogP contribution in [-0.2, 0) is 30.4 Å². The van der Waals surface area contributed by atoms with Gasteiger partial charge in [0, 0.05) is 18.0 Å². The molecule has 4 amide bonds. The number of rotatable bonds is 17. The minimum atomic E-state index is -1.46. The second-order valence-electron chi connectivity index (χ2n) is 10.5. The summed E-state index contributed by atoms with van der Waals surface area (Å²) in [5.41, 5.74) is 6.32. The summed E-state index contributed by atoms with van der Waals surface area (Å²) in [5, 5.41) is 39.9. The molecule has 16 nitrogen and oxygen atoms in total. The Labute approximate surface area is 263 Å². The second kappa shape index (κ2) is 17.5. The van der Waals surface area contributed by atoms with Gasteiger partial charge in [-0.2, -0.15) is 0 Å². The molecule has 45 heavy (non-hydrogen) atoms. The van der Waals surface area contributed by atoms with Gasteiger partial charge in [0.2, 0.25) is 23.6 Å². The maximum atomic E-state index is 13.0. The van der Waals surface area contributed by atoms with Crippen LogP contribution < -0.4 is 27.0 Å². The number of aromatic hydroxyl groups is 1. The highest BCUT2D eigenvalue weighted by Gasteiger charge is 2.29. The smallest absolute Gasteiger partial charge is 0.327 e. The lowest BCUT2D eigenvalue weighted by atomic mass is 10.0. The number of nitrogens with two attached hydrogens (primary N) is 1. The first-order valence-electron chi connectivity index (χ1n) is 13.8. The van der Waals surface area contributed by atoms with Crippen LogP contribution >= 0.6 is 11.8 Å². The number of carbonyl (C=O) groups is 5. The van der Waals surface area contributed by atoms with Gasteiger partial charge in [0.25, 0.3) is 0 Å². The number of pyridine rings is 1. The second-order valence-corrected chi connectivity index (χ2v) is 11.5. The van der Waals surface area contributed by atoms with Crippen molar-refractivity contribution in [3.63, 3.8) is 0 Å². The zero-order valence-electron chi connectivity index (χ0n) is 24.9. The van der Waals surface area contributed by atoms with E-state index in [-0.39, 0.29) is 41.0 Å². The number of hydrogen-bond acceptors (Lipinski definition) is 11. The number of phenolic OH excluding ortho intramolecular Hbond substituents is 1. The highest BCUT2D eigenvalue weighted by molar-refractivity contribution is 7.99. The zero-order valence-corrected chi connectivity index (χ0v) is 25.7. The maximum Gasteiger partial charge on any atom is 0.327 e. The van der Waals surface area contributed by atoms with Crippen molar-refractivity contribution >= 4 is 47.0 Å². The van der Waals surface area contributed by atoms with E-state index in [0.29, 0.717) is 5.56 Å². The number of carbonyl (C=O) groups excluding carboxylic acids is 4. The van der Waals surface area contributed by atoms with Gasteiger partial charge in [-0.1, -0.05) is 37.7 Å². The lowest BCUT2D eigenvalue weighted by molar-refractivity contribution is -0.388. The van der Waals surface area contributed by atoms with Crippen LogP contribution in [0.5, 0.6) is 5.75 Å². The standard InChI is InChI=1S/C28H37N7O9S/c1-15(2)11-20(26(40)34-21(28(41)42)14-45-27-22(35(43)44)5-4-10-30-27)33-23(37)13-31-24(38)16(3)32-25(39)19(29)12-17-6-8-18(36)9-7-17/h4-10,15-16,19-21,36H,11-14,29H2,1-3H3,(H,31,38)(H,32,39)(H,33,37)(H,34,40)(H,41,42)/t16-,19+,20+,21+/m1/s1. The lowest BCUT2D eigenvalue weighted by Gasteiger charge is -2.23. The normalized spacial score (nSPS) is 13.5. The fraction of sp³-hybridized carbons (Fsp3) is 0.429. The molecule has 0 bridgehead atoms.